The van der Waals surface area contributed by atoms with Crippen molar-refractivity contribution in [2.45, 2.75) is 13.3 Å². The van der Waals surface area contributed by atoms with E-state index in [0.717, 1.165) is 33.0 Å². The number of hydrogen-bond donors (Lipinski definition) is 1. The Balaban J connectivity index is 0.000000193. The van der Waals surface area contributed by atoms with E-state index < -0.39 is 0 Å². The summed E-state index contributed by atoms with van der Waals surface area (Å²) < 4.78 is 8.10. The Hall–Kier alpha value is -0.730. The fourth-order valence-corrected chi connectivity index (χ4v) is 3.14. The average Bonchev–Trinajstić information content (AvgIpc) is 3.07. The molecule has 0 spiro atoms. The summed E-state index contributed by atoms with van der Waals surface area (Å²) in [6.07, 6.45) is 13.7. The molecule has 1 N–H and O–H groups in total. The van der Waals surface area contributed by atoms with Crippen molar-refractivity contribution in [2.24, 2.45) is 7.05 Å². The monoisotopic (exact) mass is 460 g/mol. The van der Waals surface area contributed by atoms with Gasteiger partial charge in [0.25, 0.3) is 0 Å². The molecule has 0 saturated carbocycles. The molecule has 3 aromatic rings. The van der Waals surface area contributed by atoms with Crippen molar-refractivity contribution < 1.29 is 0 Å². The third-order valence-electron chi connectivity index (χ3n) is 3.54. The van der Waals surface area contributed by atoms with Crippen LogP contribution in [-0.4, -0.2) is 59.5 Å². The fraction of sp³-hybridized carbons (Fsp3) is 0.438. The Morgan fingerprint density at radius 2 is 1.82 bits per heavy atom. The molecule has 0 radical (unpaired) electrons. The van der Waals surface area contributed by atoms with E-state index in [1.165, 1.54) is 13.1 Å². The van der Waals surface area contributed by atoms with Crippen molar-refractivity contribution in [2.75, 3.05) is 26.7 Å². The minimum atomic E-state index is 0.975. The SMILES string of the molecule is CNCCc1nccn1C.Cc1nccn1P.PPN1CC1.Pn1ccnc1. The van der Waals surface area contributed by atoms with Gasteiger partial charge in [-0.25, -0.2) is 15.0 Å². The van der Waals surface area contributed by atoms with Crippen LogP contribution in [0.15, 0.2) is 43.5 Å². The second-order valence-electron chi connectivity index (χ2n) is 5.82. The molecule has 12 heteroatoms. The molecule has 1 aliphatic heterocycles. The van der Waals surface area contributed by atoms with E-state index in [-0.39, 0.29) is 0 Å². The maximum Gasteiger partial charge on any atom is 0.109 e. The van der Waals surface area contributed by atoms with Gasteiger partial charge in [0.2, 0.25) is 0 Å². The topological polar surface area (TPSA) is 68.5 Å². The summed E-state index contributed by atoms with van der Waals surface area (Å²) in [5.74, 6) is 2.15. The van der Waals surface area contributed by atoms with Gasteiger partial charge in [-0.3, -0.25) is 4.67 Å². The number of imidazole rings is 3. The van der Waals surface area contributed by atoms with Gasteiger partial charge in [-0.1, -0.05) is 8.93 Å². The molecule has 156 valence electrons. The molecule has 8 nitrogen and oxygen atoms in total. The minimum absolute atomic E-state index is 0.975. The van der Waals surface area contributed by atoms with E-state index >= 15 is 0 Å². The molecule has 1 fully saturated rings. The Morgan fingerprint density at radius 3 is 2.07 bits per heavy atom. The van der Waals surface area contributed by atoms with Gasteiger partial charge in [0.15, 0.2) is 0 Å². The zero-order valence-corrected chi connectivity index (χ0v) is 21.2. The van der Waals surface area contributed by atoms with Crippen molar-refractivity contribution >= 4 is 36.1 Å². The standard InChI is InChI=1S/C7H13N3.C4H7N2P.C3H5N2P.C2H7NP2/c1-8-4-3-7-9-5-6-10(7)2;1-4-5-2-3-6(4)7;6-5-2-1-4-3-5;4-5-3-1-2-3/h5-6,8H,3-4H2,1-2H3;2-3H,7H2,1H3;1-3H,6H2;5H,1-2,4H2. The summed E-state index contributed by atoms with van der Waals surface area (Å²) in [6, 6.07) is 0. The van der Waals surface area contributed by atoms with Gasteiger partial charge in [-0.05, 0) is 41.2 Å². The summed E-state index contributed by atoms with van der Waals surface area (Å²) in [5, 5.41) is 3.08. The molecule has 3 aromatic heterocycles. The van der Waals surface area contributed by atoms with Crippen LogP contribution in [0.5, 0.6) is 0 Å². The second kappa shape index (κ2) is 15.2. The molecule has 4 unspecified atom stereocenters. The number of nitrogens with zero attached hydrogens (tertiary/aromatic N) is 7. The molecule has 4 atom stereocenters. The average molecular weight is 460 g/mol. The largest absolute Gasteiger partial charge is 0.338 e. The Bertz CT molecular complexity index is 723. The van der Waals surface area contributed by atoms with Gasteiger partial charge in [0.1, 0.15) is 11.6 Å². The van der Waals surface area contributed by atoms with Crippen molar-refractivity contribution in [3.63, 3.8) is 0 Å². The van der Waals surface area contributed by atoms with Crippen LogP contribution < -0.4 is 5.32 Å². The first kappa shape index (κ1) is 25.3. The maximum absolute atomic E-state index is 4.18. The van der Waals surface area contributed by atoms with Gasteiger partial charge in [-0.2, -0.15) is 0 Å². The highest BCUT2D eigenvalue weighted by atomic mass is 32.0. The Kier molecular flexibility index (Phi) is 13.7. The number of aromatic nitrogens is 6. The van der Waals surface area contributed by atoms with Gasteiger partial charge < -0.3 is 18.6 Å². The van der Waals surface area contributed by atoms with E-state index in [2.05, 4.69) is 52.6 Å². The van der Waals surface area contributed by atoms with Gasteiger partial charge in [0, 0.05) is 70.3 Å². The third kappa shape index (κ3) is 12.0. The molecular formula is C16H32N8P4. The number of likely N-dealkylation sites (N-methyl/N-ethyl adjacent to an activating group) is 1. The first-order chi connectivity index (χ1) is 13.5. The summed E-state index contributed by atoms with van der Waals surface area (Å²) >= 11 is 0. The molecule has 4 heterocycles. The van der Waals surface area contributed by atoms with Crippen LogP contribution in [0, 0.1) is 6.92 Å². The predicted octanol–water partition coefficient (Wildman–Crippen LogP) is 2.22. The minimum Gasteiger partial charge on any atom is -0.338 e. The molecule has 0 aliphatic carbocycles. The zero-order valence-electron chi connectivity index (χ0n) is 16.7. The van der Waals surface area contributed by atoms with Crippen LogP contribution in [0.2, 0.25) is 0 Å². The van der Waals surface area contributed by atoms with E-state index in [4.69, 9.17) is 0 Å². The fourth-order valence-electron chi connectivity index (χ4n) is 1.71. The molecule has 1 aliphatic rings. The molecule has 0 bridgehead atoms. The van der Waals surface area contributed by atoms with Crippen LogP contribution in [-0.2, 0) is 13.5 Å². The van der Waals surface area contributed by atoms with Crippen molar-refractivity contribution in [1.29, 1.82) is 0 Å². The zero-order chi connectivity index (χ0) is 20.8. The van der Waals surface area contributed by atoms with E-state index in [9.17, 15) is 0 Å². The van der Waals surface area contributed by atoms with Crippen LogP contribution in [0.4, 0.5) is 0 Å². The highest BCUT2D eigenvalue weighted by Gasteiger charge is 2.12. The van der Waals surface area contributed by atoms with Crippen LogP contribution in [0.3, 0.4) is 0 Å². The molecular weight excluding hydrogens is 428 g/mol. The van der Waals surface area contributed by atoms with E-state index in [0.29, 0.717) is 0 Å². The number of rotatable bonds is 4. The lowest BCUT2D eigenvalue weighted by atomic mass is 10.4. The van der Waals surface area contributed by atoms with Gasteiger partial charge in [0.05, 0.1) is 6.33 Å². The van der Waals surface area contributed by atoms with Gasteiger partial charge in [-0.15, -0.1) is 0 Å². The van der Waals surface area contributed by atoms with E-state index in [1.807, 2.05) is 54.7 Å². The van der Waals surface area contributed by atoms with Gasteiger partial charge >= 0.3 is 0 Å². The van der Waals surface area contributed by atoms with Crippen LogP contribution in [0.25, 0.3) is 0 Å². The summed E-state index contributed by atoms with van der Waals surface area (Å²) in [4.78, 5) is 11.9. The summed E-state index contributed by atoms with van der Waals surface area (Å²) in [5.41, 5.74) is 0. The number of aryl methyl sites for hydroxylation is 2. The van der Waals surface area contributed by atoms with Crippen LogP contribution >= 0.6 is 36.1 Å². The highest BCUT2D eigenvalue weighted by Crippen LogP contribution is 2.31. The lowest BCUT2D eigenvalue weighted by molar-refractivity contribution is 0.718. The summed E-state index contributed by atoms with van der Waals surface area (Å²) in [6.45, 7) is 5.61. The van der Waals surface area contributed by atoms with E-state index in [1.54, 1.807) is 23.1 Å². The third-order valence-corrected chi connectivity index (χ3v) is 6.30. The predicted molar refractivity (Wildman–Crippen MR) is 130 cm³/mol. The summed E-state index contributed by atoms with van der Waals surface area (Å²) in [7, 11) is 12.6. The number of nitrogens with one attached hydrogen (secondary N) is 1. The normalized spacial score (nSPS) is 12.5. The molecule has 0 aromatic carbocycles. The quantitative estimate of drug-likeness (QED) is 0.478. The van der Waals surface area contributed by atoms with Crippen molar-refractivity contribution in [3.05, 3.63) is 55.2 Å². The molecule has 28 heavy (non-hydrogen) atoms. The van der Waals surface area contributed by atoms with Crippen LogP contribution in [0.1, 0.15) is 11.6 Å². The molecule has 0 amide bonds. The first-order valence-electron chi connectivity index (χ1n) is 8.78. The lowest BCUT2D eigenvalue weighted by Crippen LogP contribution is -2.12. The smallest absolute Gasteiger partial charge is 0.109 e. The lowest BCUT2D eigenvalue weighted by Gasteiger charge is -1.99. The Morgan fingerprint density at radius 1 is 1.11 bits per heavy atom. The Labute approximate surface area is 176 Å². The second-order valence-corrected chi connectivity index (χ2v) is 8.63. The molecule has 4 rings (SSSR count). The maximum atomic E-state index is 4.18. The van der Waals surface area contributed by atoms with Crippen molar-refractivity contribution in [1.82, 2.24) is 38.2 Å². The van der Waals surface area contributed by atoms with Crippen molar-refractivity contribution in [3.8, 4) is 0 Å². The first-order valence-corrected chi connectivity index (χ1v) is 12.6. The number of hydrogen-bond acceptors (Lipinski definition) is 5. The molecule has 1 saturated heterocycles. The highest BCUT2D eigenvalue weighted by molar-refractivity contribution is 8.01.